The van der Waals surface area contributed by atoms with Crippen LogP contribution in [-0.2, 0) is 11.8 Å². The lowest BCUT2D eigenvalue weighted by atomic mass is 9.61. The monoisotopic (exact) mass is 288 g/mol. The van der Waals surface area contributed by atoms with Gasteiger partial charge in [-0.05, 0) is 62.7 Å². The van der Waals surface area contributed by atoms with E-state index in [0.29, 0.717) is 12.1 Å². The summed E-state index contributed by atoms with van der Waals surface area (Å²) in [7, 11) is 4.04. The van der Waals surface area contributed by atoms with Crippen LogP contribution in [0.3, 0.4) is 0 Å². The fraction of sp³-hybridized carbons (Fsp3) is 0.667. The average Bonchev–Trinajstić information content (AvgIpc) is 2.50. The van der Waals surface area contributed by atoms with Gasteiger partial charge in [-0.2, -0.15) is 0 Å². The van der Waals surface area contributed by atoms with Crippen LogP contribution in [0.15, 0.2) is 18.2 Å². The van der Waals surface area contributed by atoms with Crippen molar-refractivity contribution in [3.05, 3.63) is 29.3 Å². The number of ether oxygens (including phenoxy) is 1. The van der Waals surface area contributed by atoms with E-state index in [1.54, 1.807) is 7.11 Å². The number of likely N-dealkylation sites (tertiary alicyclic amines) is 1. The molecule has 1 heterocycles. The molecular formula is C18H28N2O. The highest BCUT2D eigenvalue weighted by Gasteiger charge is 2.49. The molecule has 0 amide bonds. The van der Waals surface area contributed by atoms with Crippen molar-refractivity contribution >= 4 is 0 Å². The zero-order chi connectivity index (χ0) is 15.0. The molecule has 21 heavy (non-hydrogen) atoms. The van der Waals surface area contributed by atoms with Gasteiger partial charge in [-0.15, -0.1) is 0 Å². The standard InChI is InChI=1S/C18H28N2O/c1-5-9-19-17-16-11-13-6-7-14(21-4)12-15(13)18(17,2)8-10-20(16)3/h6-7,12,16-17,19H,5,8-11H2,1-4H3/t16-,17?,18-/m1/s1. The quantitative estimate of drug-likeness (QED) is 0.921. The van der Waals surface area contributed by atoms with Gasteiger partial charge in [-0.1, -0.05) is 19.9 Å². The molecule has 1 aliphatic carbocycles. The van der Waals surface area contributed by atoms with E-state index >= 15 is 0 Å². The van der Waals surface area contributed by atoms with Crippen LogP contribution in [0.25, 0.3) is 0 Å². The summed E-state index contributed by atoms with van der Waals surface area (Å²) in [4.78, 5) is 2.54. The smallest absolute Gasteiger partial charge is 0.119 e. The van der Waals surface area contributed by atoms with Gasteiger partial charge in [0.25, 0.3) is 0 Å². The SMILES string of the molecule is CCCNC1[C@H]2Cc3ccc(OC)cc3[C@@]1(C)CCN2C. The fourth-order valence-corrected chi connectivity index (χ4v) is 4.26. The number of nitrogens with zero attached hydrogens (tertiary/aromatic N) is 1. The Bertz CT molecular complexity index is 516. The van der Waals surface area contributed by atoms with Gasteiger partial charge in [0.05, 0.1) is 7.11 Å². The second-order valence-corrected chi connectivity index (χ2v) is 6.87. The highest BCUT2D eigenvalue weighted by molar-refractivity contribution is 5.45. The largest absolute Gasteiger partial charge is 0.497 e. The lowest BCUT2D eigenvalue weighted by Crippen LogP contribution is -2.66. The summed E-state index contributed by atoms with van der Waals surface area (Å²) in [6.45, 7) is 6.97. The molecule has 2 aliphatic rings. The van der Waals surface area contributed by atoms with Crippen molar-refractivity contribution in [1.82, 2.24) is 10.2 Å². The molecular weight excluding hydrogens is 260 g/mol. The van der Waals surface area contributed by atoms with Crippen LogP contribution in [0.5, 0.6) is 5.75 Å². The number of benzene rings is 1. The number of piperidine rings is 1. The molecule has 3 rings (SSSR count). The lowest BCUT2D eigenvalue weighted by molar-refractivity contribution is 0.0661. The van der Waals surface area contributed by atoms with Crippen molar-refractivity contribution in [1.29, 1.82) is 0 Å². The van der Waals surface area contributed by atoms with E-state index in [0.717, 1.165) is 18.7 Å². The predicted octanol–water partition coefficient (Wildman–Crippen LogP) is 2.58. The first-order valence-electron chi connectivity index (χ1n) is 8.21. The Balaban J connectivity index is 2.04. The normalized spacial score (nSPS) is 31.8. The van der Waals surface area contributed by atoms with Crippen LogP contribution in [0.1, 0.15) is 37.8 Å². The van der Waals surface area contributed by atoms with Crippen molar-refractivity contribution in [2.75, 3.05) is 27.2 Å². The number of fused-ring (bicyclic) bond motifs is 4. The molecule has 3 heteroatoms. The zero-order valence-electron chi connectivity index (χ0n) is 13.8. The summed E-state index contributed by atoms with van der Waals surface area (Å²) in [5.74, 6) is 0.988. The molecule has 0 radical (unpaired) electrons. The van der Waals surface area contributed by atoms with Crippen LogP contribution >= 0.6 is 0 Å². The topological polar surface area (TPSA) is 24.5 Å². The molecule has 0 aromatic heterocycles. The Morgan fingerprint density at radius 1 is 1.43 bits per heavy atom. The number of hydrogen-bond donors (Lipinski definition) is 1. The molecule has 1 saturated heterocycles. The molecule has 0 spiro atoms. The van der Waals surface area contributed by atoms with Crippen molar-refractivity contribution in [2.24, 2.45) is 0 Å². The van der Waals surface area contributed by atoms with Crippen LogP contribution in [0.4, 0.5) is 0 Å². The number of hydrogen-bond acceptors (Lipinski definition) is 3. The maximum absolute atomic E-state index is 5.47. The third kappa shape index (κ3) is 2.36. The number of rotatable bonds is 4. The van der Waals surface area contributed by atoms with E-state index < -0.39 is 0 Å². The van der Waals surface area contributed by atoms with Gasteiger partial charge in [0.15, 0.2) is 0 Å². The number of likely N-dealkylation sites (N-methyl/N-ethyl adjacent to an activating group) is 1. The minimum Gasteiger partial charge on any atom is -0.497 e. The molecule has 1 aliphatic heterocycles. The lowest BCUT2D eigenvalue weighted by Gasteiger charge is -2.55. The van der Waals surface area contributed by atoms with Gasteiger partial charge in [0.2, 0.25) is 0 Å². The van der Waals surface area contributed by atoms with E-state index in [1.165, 1.54) is 30.5 Å². The summed E-state index contributed by atoms with van der Waals surface area (Å²) >= 11 is 0. The van der Waals surface area contributed by atoms with Crippen LogP contribution in [-0.4, -0.2) is 44.2 Å². The minimum absolute atomic E-state index is 0.217. The molecule has 1 aromatic rings. The Hall–Kier alpha value is -1.06. The molecule has 1 aromatic carbocycles. The van der Waals surface area contributed by atoms with E-state index in [2.05, 4.69) is 49.3 Å². The molecule has 1 N–H and O–H groups in total. The van der Waals surface area contributed by atoms with E-state index in [9.17, 15) is 0 Å². The highest BCUT2D eigenvalue weighted by atomic mass is 16.5. The predicted molar refractivity (Wildman–Crippen MR) is 87.2 cm³/mol. The molecule has 1 unspecified atom stereocenters. The van der Waals surface area contributed by atoms with E-state index in [4.69, 9.17) is 4.74 Å². The second-order valence-electron chi connectivity index (χ2n) is 6.87. The minimum atomic E-state index is 0.217. The molecule has 1 fully saturated rings. The number of methoxy groups -OCH3 is 1. The molecule has 3 atom stereocenters. The van der Waals surface area contributed by atoms with Crippen molar-refractivity contribution in [3.63, 3.8) is 0 Å². The second kappa shape index (κ2) is 5.62. The summed E-state index contributed by atoms with van der Waals surface area (Å²) in [6, 6.07) is 7.80. The maximum atomic E-state index is 5.47. The first kappa shape index (κ1) is 14.9. The van der Waals surface area contributed by atoms with Crippen LogP contribution in [0.2, 0.25) is 0 Å². The maximum Gasteiger partial charge on any atom is 0.119 e. The summed E-state index contributed by atoms with van der Waals surface area (Å²) in [6.07, 6.45) is 3.54. The first-order valence-corrected chi connectivity index (χ1v) is 8.21. The van der Waals surface area contributed by atoms with Gasteiger partial charge >= 0.3 is 0 Å². The van der Waals surface area contributed by atoms with E-state index in [-0.39, 0.29) is 5.41 Å². The Kier molecular flexibility index (Phi) is 3.98. The third-order valence-electron chi connectivity index (χ3n) is 5.60. The summed E-state index contributed by atoms with van der Waals surface area (Å²) < 4.78 is 5.47. The Morgan fingerprint density at radius 3 is 2.95 bits per heavy atom. The average molecular weight is 288 g/mol. The highest BCUT2D eigenvalue weighted by Crippen LogP contribution is 2.45. The van der Waals surface area contributed by atoms with Gasteiger partial charge < -0.3 is 15.0 Å². The van der Waals surface area contributed by atoms with Crippen LogP contribution in [0, 0.1) is 0 Å². The van der Waals surface area contributed by atoms with Gasteiger partial charge in [-0.3, -0.25) is 0 Å². The molecule has 116 valence electrons. The van der Waals surface area contributed by atoms with Gasteiger partial charge in [0, 0.05) is 17.5 Å². The van der Waals surface area contributed by atoms with Crippen molar-refractivity contribution < 1.29 is 4.74 Å². The zero-order valence-corrected chi connectivity index (χ0v) is 13.8. The van der Waals surface area contributed by atoms with Crippen LogP contribution < -0.4 is 10.1 Å². The summed E-state index contributed by atoms with van der Waals surface area (Å²) in [5, 5.41) is 3.84. The van der Waals surface area contributed by atoms with Crippen molar-refractivity contribution in [2.45, 2.75) is 50.6 Å². The molecule has 2 bridgehead atoms. The van der Waals surface area contributed by atoms with Gasteiger partial charge in [-0.25, -0.2) is 0 Å². The number of nitrogens with one attached hydrogen (secondary N) is 1. The summed E-state index contributed by atoms with van der Waals surface area (Å²) in [5.41, 5.74) is 3.22. The Labute approximate surface area is 128 Å². The van der Waals surface area contributed by atoms with Crippen molar-refractivity contribution in [3.8, 4) is 5.75 Å². The van der Waals surface area contributed by atoms with E-state index in [1.807, 2.05) is 0 Å². The first-order chi connectivity index (χ1) is 10.1. The fourth-order valence-electron chi connectivity index (χ4n) is 4.26. The molecule has 0 saturated carbocycles. The third-order valence-corrected chi connectivity index (χ3v) is 5.60. The van der Waals surface area contributed by atoms with Gasteiger partial charge in [0.1, 0.15) is 5.75 Å². The molecule has 3 nitrogen and oxygen atoms in total. The Morgan fingerprint density at radius 2 is 2.24 bits per heavy atom.